The SMILES string of the molecule is O=C1NC2(CCN(C(=O)c3cc(-c4ccc(F)cc4)n[nH]3)CC2)Oc2ccccc21. The number of carbonyl (C=O) groups excluding carboxylic acids is 2. The molecular weight excluding hydrogens is 387 g/mol. The maximum atomic E-state index is 13.1. The van der Waals surface area contributed by atoms with Crippen LogP contribution >= 0.6 is 0 Å². The fourth-order valence-electron chi connectivity index (χ4n) is 3.92. The zero-order valence-electron chi connectivity index (χ0n) is 16.0. The van der Waals surface area contributed by atoms with E-state index in [4.69, 9.17) is 4.74 Å². The Morgan fingerprint density at radius 3 is 2.60 bits per heavy atom. The van der Waals surface area contributed by atoms with Gasteiger partial charge in [-0.2, -0.15) is 5.10 Å². The Morgan fingerprint density at radius 2 is 1.83 bits per heavy atom. The number of benzene rings is 2. The van der Waals surface area contributed by atoms with Crippen molar-refractivity contribution in [3.05, 3.63) is 71.7 Å². The van der Waals surface area contributed by atoms with Gasteiger partial charge in [-0.05, 0) is 42.5 Å². The van der Waals surface area contributed by atoms with E-state index in [1.165, 1.54) is 12.1 Å². The first kappa shape index (κ1) is 18.4. The largest absolute Gasteiger partial charge is 0.467 e. The number of aromatic amines is 1. The number of likely N-dealkylation sites (tertiary alicyclic amines) is 1. The molecule has 0 aliphatic carbocycles. The van der Waals surface area contributed by atoms with Gasteiger partial charge in [0.2, 0.25) is 0 Å². The summed E-state index contributed by atoms with van der Waals surface area (Å²) in [5.74, 6) is -0.0895. The summed E-state index contributed by atoms with van der Waals surface area (Å²) in [4.78, 5) is 27.1. The summed E-state index contributed by atoms with van der Waals surface area (Å²) >= 11 is 0. The molecule has 3 aromatic rings. The van der Waals surface area contributed by atoms with Gasteiger partial charge in [-0.15, -0.1) is 0 Å². The number of nitrogens with zero attached hydrogens (tertiary/aromatic N) is 2. The van der Waals surface area contributed by atoms with E-state index in [9.17, 15) is 14.0 Å². The second kappa shape index (κ2) is 6.98. The van der Waals surface area contributed by atoms with Gasteiger partial charge in [0.1, 0.15) is 17.3 Å². The Bertz CT molecular complexity index is 1120. The van der Waals surface area contributed by atoms with Crippen LogP contribution in [0.1, 0.15) is 33.7 Å². The highest BCUT2D eigenvalue weighted by atomic mass is 19.1. The molecule has 3 heterocycles. The summed E-state index contributed by atoms with van der Waals surface area (Å²) in [7, 11) is 0. The van der Waals surface area contributed by atoms with E-state index < -0.39 is 5.72 Å². The minimum absolute atomic E-state index is 0.158. The first-order valence-corrected chi connectivity index (χ1v) is 9.74. The quantitative estimate of drug-likeness (QED) is 0.685. The molecule has 0 saturated carbocycles. The molecule has 2 amide bonds. The van der Waals surface area contributed by atoms with Crippen molar-refractivity contribution in [2.45, 2.75) is 18.6 Å². The molecule has 2 N–H and O–H groups in total. The normalized spacial score (nSPS) is 17.2. The lowest BCUT2D eigenvalue weighted by Gasteiger charge is -2.44. The molecule has 0 radical (unpaired) electrons. The van der Waals surface area contributed by atoms with Crippen molar-refractivity contribution >= 4 is 11.8 Å². The minimum atomic E-state index is -0.796. The van der Waals surface area contributed by atoms with Crippen molar-refractivity contribution in [2.24, 2.45) is 0 Å². The average molecular weight is 406 g/mol. The number of carbonyl (C=O) groups is 2. The summed E-state index contributed by atoms with van der Waals surface area (Å²) in [6.07, 6.45) is 0.968. The van der Waals surface area contributed by atoms with Crippen molar-refractivity contribution in [2.75, 3.05) is 13.1 Å². The number of ether oxygens (including phenoxy) is 1. The van der Waals surface area contributed by atoms with Crippen molar-refractivity contribution in [1.29, 1.82) is 0 Å². The third-order valence-corrected chi connectivity index (χ3v) is 5.58. The molecule has 1 aromatic heterocycles. The predicted molar refractivity (Wildman–Crippen MR) is 106 cm³/mol. The number of amides is 2. The average Bonchev–Trinajstić information content (AvgIpc) is 3.25. The number of piperidine rings is 1. The number of rotatable bonds is 2. The Kier molecular flexibility index (Phi) is 4.27. The van der Waals surface area contributed by atoms with Crippen LogP contribution in [0, 0.1) is 5.82 Å². The first-order valence-electron chi connectivity index (χ1n) is 9.74. The van der Waals surface area contributed by atoms with Gasteiger partial charge < -0.3 is 15.0 Å². The first-order chi connectivity index (χ1) is 14.5. The van der Waals surface area contributed by atoms with Gasteiger partial charge in [-0.1, -0.05) is 12.1 Å². The summed E-state index contributed by atoms with van der Waals surface area (Å²) in [6.45, 7) is 0.873. The number of fused-ring (bicyclic) bond motifs is 1. The molecule has 2 aromatic carbocycles. The summed E-state index contributed by atoms with van der Waals surface area (Å²) in [5, 5.41) is 9.91. The molecule has 7 nitrogen and oxygen atoms in total. The van der Waals surface area contributed by atoms with E-state index >= 15 is 0 Å². The summed E-state index contributed by atoms with van der Waals surface area (Å²) in [5.41, 5.74) is 1.39. The number of hydrogen-bond donors (Lipinski definition) is 2. The lowest BCUT2D eigenvalue weighted by atomic mass is 9.96. The second-order valence-corrected chi connectivity index (χ2v) is 7.51. The second-order valence-electron chi connectivity index (χ2n) is 7.51. The Morgan fingerprint density at radius 1 is 1.10 bits per heavy atom. The number of halogens is 1. The van der Waals surface area contributed by atoms with Gasteiger partial charge >= 0.3 is 0 Å². The van der Waals surface area contributed by atoms with Crippen LogP contribution in [0.4, 0.5) is 4.39 Å². The fourth-order valence-corrected chi connectivity index (χ4v) is 3.92. The third kappa shape index (κ3) is 3.20. The van der Waals surface area contributed by atoms with Crippen LogP contribution in [0.2, 0.25) is 0 Å². The zero-order chi connectivity index (χ0) is 20.7. The van der Waals surface area contributed by atoms with E-state index in [1.54, 1.807) is 41.3 Å². The zero-order valence-corrected chi connectivity index (χ0v) is 16.0. The van der Waals surface area contributed by atoms with Crippen LogP contribution in [-0.4, -0.2) is 45.7 Å². The molecule has 8 heteroatoms. The van der Waals surface area contributed by atoms with Crippen molar-refractivity contribution < 1.29 is 18.7 Å². The molecule has 5 rings (SSSR count). The van der Waals surface area contributed by atoms with E-state index in [0.717, 1.165) is 5.56 Å². The molecule has 0 bridgehead atoms. The number of nitrogens with one attached hydrogen (secondary N) is 2. The maximum absolute atomic E-state index is 13.1. The van der Waals surface area contributed by atoms with Crippen molar-refractivity contribution in [3.63, 3.8) is 0 Å². The molecule has 2 aliphatic heterocycles. The van der Waals surface area contributed by atoms with Crippen LogP contribution in [0.5, 0.6) is 5.75 Å². The Labute approximate surface area is 171 Å². The Hall–Kier alpha value is -3.68. The molecular formula is C22H19FN4O3. The van der Waals surface area contributed by atoms with Gasteiger partial charge in [-0.3, -0.25) is 14.7 Å². The molecule has 1 saturated heterocycles. The molecule has 1 spiro atoms. The summed E-state index contributed by atoms with van der Waals surface area (Å²) < 4.78 is 19.2. The van der Waals surface area contributed by atoms with E-state index in [2.05, 4.69) is 15.5 Å². The van der Waals surface area contributed by atoms with E-state index in [0.29, 0.717) is 48.6 Å². The van der Waals surface area contributed by atoms with Crippen LogP contribution in [0.25, 0.3) is 11.3 Å². The highest BCUT2D eigenvalue weighted by Gasteiger charge is 2.43. The number of aromatic nitrogens is 2. The van der Waals surface area contributed by atoms with Gasteiger partial charge in [-0.25, -0.2) is 4.39 Å². The topological polar surface area (TPSA) is 87.3 Å². The number of hydrogen-bond acceptors (Lipinski definition) is 4. The molecule has 0 atom stereocenters. The standard InChI is InChI=1S/C22H19FN4O3/c23-15-7-5-14(6-8-15)17-13-18(26-25-17)21(29)27-11-9-22(10-12-27)24-20(28)16-3-1-2-4-19(16)30-22/h1-8,13H,9-12H2,(H,24,28)(H,25,26). The number of H-pyrrole nitrogens is 1. The van der Waals surface area contributed by atoms with Gasteiger partial charge in [0.25, 0.3) is 11.8 Å². The highest BCUT2D eigenvalue weighted by Crippen LogP contribution is 2.33. The Balaban J connectivity index is 1.28. The fraction of sp³-hybridized carbons (Fsp3) is 0.227. The molecule has 0 unspecified atom stereocenters. The lowest BCUT2D eigenvalue weighted by Crippen LogP contribution is -2.61. The van der Waals surface area contributed by atoms with Crippen LogP contribution in [0.15, 0.2) is 54.6 Å². The van der Waals surface area contributed by atoms with Crippen LogP contribution in [-0.2, 0) is 0 Å². The molecule has 2 aliphatic rings. The van der Waals surface area contributed by atoms with E-state index in [-0.39, 0.29) is 17.6 Å². The van der Waals surface area contributed by atoms with E-state index in [1.807, 2.05) is 6.07 Å². The van der Waals surface area contributed by atoms with Crippen molar-refractivity contribution in [3.8, 4) is 17.0 Å². The maximum Gasteiger partial charge on any atom is 0.271 e. The lowest BCUT2D eigenvalue weighted by molar-refractivity contribution is -0.0246. The van der Waals surface area contributed by atoms with Gasteiger partial charge in [0.05, 0.1) is 11.3 Å². The molecule has 1 fully saturated rings. The third-order valence-electron chi connectivity index (χ3n) is 5.58. The minimum Gasteiger partial charge on any atom is -0.467 e. The smallest absolute Gasteiger partial charge is 0.271 e. The molecule has 30 heavy (non-hydrogen) atoms. The summed E-state index contributed by atoms with van der Waals surface area (Å²) in [6, 6.07) is 14.7. The molecule has 152 valence electrons. The van der Waals surface area contributed by atoms with Crippen LogP contribution < -0.4 is 10.1 Å². The van der Waals surface area contributed by atoms with Crippen molar-refractivity contribution in [1.82, 2.24) is 20.4 Å². The van der Waals surface area contributed by atoms with Gasteiger partial charge in [0.15, 0.2) is 5.72 Å². The highest BCUT2D eigenvalue weighted by molar-refractivity contribution is 5.98. The van der Waals surface area contributed by atoms with Gasteiger partial charge in [0, 0.05) is 31.5 Å². The monoisotopic (exact) mass is 406 g/mol. The van der Waals surface area contributed by atoms with Crippen LogP contribution in [0.3, 0.4) is 0 Å². The number of para-hydroxylation sites is 1. The predicted octanol–water partition coefficient (Wildman–Crippen LogP) is 2.97.